The van der Waals surface area contributed by atoms with Gasteiger partial charge in [0.25, 0.3) is 5.91 Å². The van der Waals surface area contributed by atoms with E-state index in [2.05, 4.69) is 5.32 Å². The van der Waals surface area contributed by atoms with E-state index in [4.69, 9.17) is 16.3 Å². The third-order valence-corrected chi connectivity index (χ3v) is 3.03. The van der Waals surface area contributed by atoms with Crippen molar-refractivity contribution in [1.82, 2.24) is 5.32 Å². The van der Waals surface area contributed by atoms with Crippen LogP contribution in [0.2, 0.25) is 5.02 Å². The summed E-state index contributed by atoms with van der Waals surface area (Å²) in [7, 11) is 1.42. The van der Waals surface area contributed by atoms with Gasteiger partial charge in [0.05, 0.1) is 12.7 Å². The zero-order chi connectivity index (χ0) is 15.5. The molecule has 2 N–H and O–H groups in total. The Morgan fingerprint density at radius 3 is 2.40 bits per heavy atom. The quantitative estimate of drug-likeness (QED) is 0.896. The first-order valence-electron chi connectivity index (χ1n) is 6.04. The van der Waals surface area contributed by atoms with Gasteiger partial charge in [-0.05, 0) is 23.6 Å². The number of methoxy groups -OCH3 is 1. The predicted molar refractivity (Wildman–Crippen MR) is 76.3 cm³/mol. The smallest absolute Gasteiger partial charge is 0.326 e. The lowest BCUT2D eigenvalue weighted by atomic mass is 9.86. The molecular weight excluding hydrogens is 282 g/mol. The zero-order valence-electron chi connectivity index (χ0n) is 11.9. The van der Waals surface area contributed by atoms with Gasteiger partial charge >= 0.3 is 5.97 Å². The number of carboxylic acids is 1. The Bertz CT molecular complexity index is 522. The lowest BCUT2D eigenvalue weighted by Gasteiger charge is -2.28. The standard InChI is InChI=1S/C14H18ClNO4/c1-14(2,3)11(13(18)19)16-12(17)9-6-5-8(15)7-10(9)20-4/h5-7,11H,1-4H3,(H,16,17)(H,18,19). The molecule has 110 valence electrons. The van der Waals surface area contributed by atoms with Gasteiger partial charge in [0.1, 0.15) is 11.8 Å². The molecule has 20 heavy (non-hydrogen) atoms. The first-order chi connectivity index (χ1) is 9.16. The molecule has 0 bridgehead atoms. The van der Waals surface area contributed by atoms with Gasteiger partial charge in [0.15, 0.2) is 0 Å². The summed E-state index contributed by atoms with van der Waals surface area (Å²) in [5, 5.41) is 12.1. The topological polar surface area (TPSA) is 75.6 Å². The number of carboxylic acid groups (broad SMARTS) is 1. The van der Waals surface area contributed by atoms with Gasteiger partial charge in [0, 0.05) is 5.02 Å². The molecule has 0 spiro atoms. The van der Waals surface area contributed by atoms with Crippen LogP contribution in [0.15, 0.2) is 18.2 Å². The molecule has 0 radical (unpaired) electrons. The van der Waals surface area contributed by atoms with Crippen molar-refractivity contribution in [3.8, 4) is 5.75 Å². The second-order valence-corrected chi connectivity index (χ2v) is 5.89. The van der Waals surface area contributed by atoms with Crippen molar-refractivity contribution in [3.63, 3.8) is 0 Å². The van der Waals surface area contributed by atoms with Crippen LogP contribution in [-0.2, 0) is 4.79 Å². The number of amides is 1. The SMILES string of the molecule is COc1cc(Cl)ccc1C(=O)NC(C(=O)O)C(C)(C)C. The minimum absolute atomic E-state index is 0.243. The van der Waals surface area contributed by atoms with Crippen LogP contribution >= 0.6 is 11.6 Å². The molecule has 6 heteroatoms. The number of hydrogen-bond acceptors (Lipinski definition) is 3. The largest absolute Gasteiger partial charge is 0.496 e. The summed E-state index contributed by atoms with van der Waals surface area (Å²) in [6.45, 7) is 5.22. The Morgan fingerprint density at radius 1 is 1.35 bits per heavy atom. The van der Waals surface area contributed by atoms with Crippen molar-refractivity contribution < 1.29 is 19.4 Å². The molecule has 0 heterocycles. The summed E-state index contributed by atoms with van der Waals surface area (Å²) >= 11 is 5.82. The molecule has 0 aliphatic carbocycles. The van der Waals surface area contributed by atoms with Crippen molar-refractivity contribution in [3.05, 3.63) is 28.8 Å². The molecule has 0 aromatic heterocycles. The van der Waals surface area contributed by atoms with Gasteiger partial charge < -0.3 is 15.2 Å². The third kappa shape index (κ3) is 3.87. The van der Waals surface area contributed by atoms with E-state index < -0.39 is 23.3 Å². The fraction of sp³-hybridized carbons (Fsp3) is 0.429. The minimum atomic E-state index is -1.08. The number of carbonyl (C=O) groups is 2. The van der Waals surface area contributed by atoms with E-state index in [0.717, 1.165) is 0 Å². The summed E-state index contributed by atoms with van der Waals surface area (Å²) < 4.78 is 5.08. The number of halogens is 1. The van der Waals surface area contributed by atoms with Crippen LogP contribution in [0.4, 0.5) is 0 Å². The Labute approximate surface area is 122 Å². The second-order valence-electron chi connectivity index (χ2n) is 5.46. The number of nitrogens with one attached hydrogen (secondary N) is 1. The van der Waals surface area contributed by atoms with Gasteiger partial charge in [0.2, 0.25) is 0 Å². The summed E-state index contributed by atoms with van der Waals surface area (Å²) in [6, 6.07) is 3.54. The maximum atomic E-state index is 12.2. The number of hydrogen-bond donors (Lipinski definition) is 2. The van der Waals surface area contributed by atoms with Crippen LogP contribution in [-0.4, -0.2) is 30.1 Å². The molecule has 0 saturated heterocycles. The molecule has 1 rings (SSSR count). The van der Waals surface area contributed by atoms with Crippen molar-refractivity contribution >= 4 is 23.5 Å². The van der Waals surface area contributed by atoms with Crippen LogP contribution in [0.3, 0.4) is 0 Å². The Balaban J connectivity index is 3.04. The molecule has 0 aliphatic heterocycles. The van der Waals surface area contributed by atoms with Gasteiger partial charge in [-0.15, -0.1) is 0 Å². The summed E-state index contributed by atoms with van der Waals surface area (Å²) in [5.41, 5.74) is -0.367. The summed E-state index contributed by atoms with van der Waals surface area (Å²) in [6.07, 6.45) is 0. The van der Waals surface area contributed by atoms with Gasteiger partial charge in [-0.1, -0.05) is 32.4 Å². The number of ether oxygens (including phenoxy) is 1. The molecule has 0 fully saturated rings. The van der Waals surface area contributed by atoms with E-state index >= 15 is 0 Å². The van der Waals surface area contributed by atoms with Gasteiger partial charge in [-0.2, -0.15) is 0 Å². The molecule has 0 saturated carbocycles. The highest BCUT2D eigenvalue weighted by Gasteiger charge is 2.33. The molecule has 1 aromatic carbocycles. The van der Waals surface area contributed by atoms with Crippen LogP contribution in [0.1, 0.15) is 31.1 Å². The number of rotatable bonds is 4. The van der Waals surface area contributed by atoms with Crippen LogP contribution < -0.4 is 10.1 Å². The van der Waals surface area contributed by atoms with Crippen molar-refractivity contribution in [1.29, 1.82) is 0 Å². The number of aliphatic carboxylic acids is 1. The predicted octanol–water partition coefficient (Wildman–Crippen LogP) is 2.58. The van der Waals surface area contributed by atoms with Crippen LogP contribution in [0.25, 0.3) is 0 Å². The van der Waals surface area contributed by atoms with Crippen molar-refractivity contribution in [2.75, 3.05) is 7.11 Å². The lowest BCUT2D eigenvalue weighted by Crippen LogP contribution is -2.49. The maximum Gasteiger partial charge on any atom is 0.326 e. The second kappa shape index (κ2) is 6.13. The number of benzene rings is 1. The molecule has 1 aromatic rings. The van der Waals surface area contributed by atoms with E-state index in [1.165, 1.54) is 19.2 Å². The average molecular weight is 300 g/mol. The van der Waals surface area contributed by atoms with E-state index in [1.54, 1.807) is 26.8 Å². The van der Waals surface area contributed by atoms with Crippen molar-refractivity contribution in [2.45, 2.75) is 26.8 Å². The van der Waals surface area contributed by atoms with Crippen LogP contribution in [0, 0.1) is 5.41 Å². The molecule has 5 nitrogen and oxygen atoms in total. The van der Waals surface area contributed by atoms with E-state index in [1.807, 2.05) is 0 Å². The van der Waals surface area contributed by atoms with Crippen LogP contribution in [0.5, 0.6) is 5.75 Å². The summed E-state index contributed by atoms with van der Waals surface area (Å²) in [5.74, 6) is -1.30. The first-order valence-corrected chi connectivity index (χ1v) is 6.42. The average Bonchev–Trinajstić information content (AvgIpc) is 2.33. The minimum Gasteiger partial charge on any atom is -0.496 e. The monoisotopic (exact) mass is 299 g/mol. The molecule has 1 amide bonds. The normalized spacial score (nSPS) is 12.7. The zero-order valence-corrected chi connectivity index (χ0v) is 12.6. The molecule has 0 aliphatic rings. The highest BCUT2D eigenvalue weighted by atomic mass is 35.5. The van der Waals surface area contributed by atoms with E-state index in [-0.39, 0.29) is 5.56 Å². The fourth-order valence-electron chi connectivity index (χ4n) is 1.71. The molecule has 1 atom stereocenters. The third-order valence-electron chi connectivity index (χ3n) is 2.80. The molecular formula is C14H18ClNO4. The Kier molecular flexibility index (Phi) is 5.00. The lowest BCUT2D eigenvalue weighted by molar-refractivity contribution is -0.142. The highest BCUT2D eigenvalue weighted by molar-refractivity contribution is 6.30. The fourth-order valence-corrected chi connectivity index (χ4v) is 1.87. The highest BCUT2D eigenvalue weighted by Crippen LogP contribution is 2.25. The maximum absolute atomic E-state index is 12.2. The molecule has 1 unspecified atom stereocenters. The first kappa shape index (κ1) is 16.3. The van der Waals surface area contributed by atoms with E-state index in [9.17, 15) is 14.7 Å². The Hall–Kier alpha value is -1.75. The summed E-state index contributed by atoms with van der Waals surface area (Å²) in [4.78, 5) is 23.5. The van der Waals surface area contributed by atoms with Gasteiger partial charge in [-0.25, -0.2) is 4.79 Å². The Morgan fingerprint density at radius 2 is 1.95 bits per heavy atom. The number of carbonyl (C=O) groups excluding carboxylic acids is 1. The van der Waals surface area contributed by atoms with Gasteiger partial charge in [-0.3, -0.25) is 4.79 Å². The van der Waals surface area contributed by atoms with E-state index in [0.29, 0.717) is 10.8 Å². The van der Waals surface area contributed by atoms with Crippen molar-refractivity contribution in [2.24, 2.45) is 5.41 Å².